The van der Waals surface area contributed by atoms with E-state index in [9.17, 15) is 13.2 Å². The summed E-state index contributed by atoms with van der Waals surface area (Å²) in [6.45, 7) is 0. The Kier molecular flexibility index (Phi) is 4.28. The van der Waals surface area contributed by atoms with Gasteiger partial charge < -0.3 is 0 Å². The second kappa shape index (κ2) is 6.99. The first-order valence-electron chi connectivity index (χ1n) is 9.39. The van der Waals surface area contributed by atoms with Crippen LogP contribution in [-0.4, -0.2) is 0 Å². The maximum absolute atomic E-state index is 15.2. The van der Waals surface area contributed by atoms with Crippen LogP contribution in [0.2, 0.25) is 0 Å². The summed E-state index contributed by atoms with van der Waals surface area (Å²) in [5.74, 6) is -4.54. The monoisotopic (exact) mass is 402 g/mol. The average molecular weight is 402 g/mol. The molecule has 0 N–H and O–H groups in total. The first kappa shape index (κ1) is 18.4. The molecule has 0 amide bonds. The zero-order chi connectivity index (χ0) is 20.8. The molecule has 0 aliphatic heterocycles. The van der Waals surface area contributed by atoms with Gasteiger partial charge in [-0.05, 0) is 51.0 Å². The zero-order valence-corrected chi connectivity index (χ0v) is 15.6. The summed E-state index contributed by atoms with van der Waals surface area (Å²) in [4.78, 5) is 0. The summed E-state index contributed by atoms with van der Waals surface area (Å²) in [7, 11) is 0. The molecule has 0 aliphatic carbocycles. The third kappa shape index (κ3) is 2.76. The predicted octanol–water partition coefficient (Wildman–Crippen LogP) is 7.88. The normalized spacial score (nSPS) is 11.3. The van der Waals surface area contributed by atoms with Gasteiger partial charge in [0.25, 0.3) is 0 Å². The SMILES string of the molecule is Fc1cc(-c2c3ccccc3c(-c3ccccc3)c3c(F)cccc23)cc(F)c1F. The Bertz CT molecular complexity index is 1400. The van der Waals surface area contributed by atoms with Gasteiger partial charge in [-0.3, -0.25) is 0 Å². The molecule has 0 nitrogen and oxygen atoms in total. The molecule has 146 valence electrons. The molecule has 5 aromatic rings. The van der Waals surface area contributed by atoms with Crippen molar-refractivity contribution >= 4 is 21.5 Å². The van der Waals surface area contributed by atoms with Gasteiger partial charge in [-0.2, -0.15) is 0 Å². The molecule has 0 saturated heterocycles. The highest BCUT2D eigenvalue weighted by Crippen LogP contribution is 2.44. The third-order valence-electron chi connectivity index (χ3n) is 5.33. The second-order valence-corrected chi connectivity index (χ2v) is 7.08. The number of benzene rings is 5. The fourth-order valence-corrected chi connectivity index (χ4v) is 4.10. The van der Waals surface area contributed by atoms with Crippen LogP contribution in [0.25, 0.3) is 43.8 Å². The summed E-state index contributed by atoms with van der Waals surface area (Å²) < 4.78 is 56.9. The summed E-state index contributed by atoms with van der Waals surface area (Å²) in [6, 6.07) is 23.2. The quantitative estimate of drug-likeness (QED) is 0.160. The molecule has 0 heterocycles. The van der Waals surface area contributed by atoms with Crippen LogP contribution in [-0.2, 0) is 0 Å². The molecule has 5 rings (SSSR count). The Hall–Kier alpha value is -3.66. The topological polar surface area (TPSA) is 0 Å². The molecule has 0 aromatic heterocycles. The van der Waals surface area contributed by atoms with Crippen molar-refractivity contribution in [3.8, 4) is 22.3 Å². The summed E-state index contributed by atoms with van der Waals surface area (Å²) >= 11 is 0. The lowest BCUT2D eigenvalue weighted by atomic mass is 9.85. The Labute approximate surface area is 170 Å². The van der Waals surface area contributed by atoms with E-state index in [2.05, 4.69) is 0 Å². The lowest BCUT2D eigenvalue weighted by Crippen LogP contribution is -1.96. The standard InChI is InChI=1S/C26H14F4/c27-20-12-6-11-19-23(16-13-21(28)26(30)22(29)14-16)17-9-4-5-10-18(17)24(25(19)20)15-7-2-1-3-8-15/h1-14H. The Morgan fingerprint density at radius 2 is 1.00 bits per heavy atom. The fraction of sp³-hybridized carbons (Fsp3) is 0. The highest BCUT2D eigenvalue weighted by atomic mass is 19.2. The average Bonchev–Trinajstić information content (AvgIpc) is 2.76. The van der Waals surface area contributed by atoms with E-state index in [-0.39, 0.29) is 5.56 Å². The molecular formula is C26H14F4. The van der Waals surface area contributed by atoms with Crippen LogP contribution in [0.1, 0.15) is 0 Å². The lowest BCUT2D eigenvalue weighted by Gasteiger charge is -2.18. The molecule has 0 radical (unpaired) electrons. The summed E-state index contributed by atoms with van der Waals surface area (Å²) in [6.07, 6.45) is 0. The Morgan fingerprint density at radius 1 is 0.433 bits per heavy atom. The van der Waals surface area contributed by atoms with Crippen LogP contribution in [0.5, 0.6) is 0 Å². The minimum absolute atomic E-state index is 0.151. The molecule has 4 heteroatoms. The van der Waals surface area contributed by atoms with Crippen molar-refractivity contribution in [3.05, 3.63) is 108 Å². The highest BCUT2D eigenvalue weighted by molar-refractivity contribution is 6.21. The van der Waals surface area contributed by atoms with Crippen molar-refractivity contribution in [2.24, 2.45) is 0 Å². The number of hydrogen-bond donors (Lipinski definition) is 0. The van der Waals surface area contributed by atoms with E-state index in [1.165, 1.54) is 6.07 Å². The highest BCUT2D eigenvalue weighted by Gasteiger charge is 2.20. The molecule has 0 bridgehead atoms. The van der Waals surface area contributed by atoms with Gasteiger partial charge in [0.05, 0.1) is 0 Å². The fourth-order valence-electron chi connectivity index (χ4n) is 4.10. The van der Waals surface area contributed by atoms with Gasteiger partial charge in [-0.1, -0.05) is 66.7 Å². The van der Waals surface area contributed by atoms with Crippen molar-refractivity contribution in [2.75, 3.05) is 0 Å². The molecule has 0 aliphatic rings. The molecule has 30 heavy (non-hydrogen) atoms. The maximum atomic E-state index is 15.2. The second-order valence-electron chi connectivity index (χ2n) is 7.08. The number of halogens is 4. The Balaban J connectivity index is 2.03. The molecular weight excluding hydrogens is 388 g/mol. The number of hydrogen-bond acceptors (Lipinski definition) is 0. The maximum Gasteiger partial charge on any atom is 0.194 e. The molecule has 0 spiro atoms. The van der Waals surface area contributed by atoms with E-state index < -0.39 is 23.3 Å². The van der Waals surface area contributed by atoms with Crippen LogP contribution in [0, 0.1) is 23.3 Å². The van der Waals surface area contributed by atoms with Crippen LogP contribution in [0.3, 0.4) is 0 Å². The van der Waals surface area contributed by atoms with Gasteiger partial charge in [0.15, 0.2) is 17.5 Å². The first-order valence-corrected chi connectivity index (χ1v) is 9.39. The summed E-state index contributed by atoms with van der Waals surface area (Å²) in [5, 5.41) is 2.28. The molecule has 0 saturated carbocycles. The van der Waals surface area contributed by atoms with Crippen LogP contribution >= 0.6 is 0 Å². The molecule has 5 aromatic carbocycles. The van der Waals surface area contributed by atoms with Crippen molar-refractivity contribution in [2.45, 2.75) is 0 Å². The lowest BCUT2D eigenvalue weighted by molar-refractivity contribution is 0.448. The molecule has 0 unspecified atom stereocenters. The minimum Gasteiger partial charge on any atom is -0.206 e. The van der Waals surface area contributed by atoms with E-state index >= 15 is 4.39 Å². The first-order chi connectivity index (χ1) is 14.6. The smallest absolute Gasteiger partial charge is 0.194 e. The van der Waals surface area contributed by atoms with Crippen molar-refractivity contribution in [1.82, 2.24) is 0 Å². The van der Waals surface area contributed by atoms with Crippen LogP contribution in [0.15, 0.2) is 84.9 Å². The van der Waals surface area contributed by atoms with E-state index in [1.54, 1.807) is 12.1 Å². The third-order valence-corrected chi connectivity index (χ3v) is 5.33. The number of rotatable bonds is 2. The van der Waals surface area contributed by atoms with E-state index in [0.717, 1.165) is 23.1 Å². The van der Waals surface area contributed by atoms with Crippen LogP contribution < -0.4 is 0 Å². The molecule has 0 atom stereocenters. The zero-order valence-electron chi connectivity index (χ0n) is 15.6. The molecule has 0 fully saturated rings. The van der Waals surface area contributed by atoms with E-state index in [4.69, 9.17) is 0 Å². The van der Waals surface area contributed by atoms with Gasteiger partial charge in [0.1, 0.15) is 5.82 Å². The minimum atomic E-state index is -1.53. The van der Waals surface area contributed by atoms with Gasteiger partial charge in [0, 0.05) is 10.9 Å². The van der Waals surface area contributed by atoms with E-state index in [1.807, 2.05) is 54.6 Å². The van der Waals surface area contributed by atoms with Crippen molar-refractivity contribution < 1.29 is 17.6 Å². The Morgan fingerprint density at radius 3 is 1.67 bits per heavy atom. The van der Waals surface area contributed by atoms with Gasteiger partial charge >= 0.3 is 0 Å². The summed E-state index contributed by atoms with van der Waals surface area (Å²) in [5.41, 5.74) is 2.13. The number of fused-ring (bicyclic) bond motifs is 2. The van der Waals surface area contributed by atoms with E-state index in [0.29, 0.717) is 27.3 Å². The van der Waals surface area contributed by atoms with Crippen molar-refractivity contribution in [1.29, 1.82) is 0 Å². The van der Waals surface area contributed by atoms with Crippen LogP contribution in [0.4, 0.5) is 17.6 Å². The van der Waals surface area contributed by atoms with Crippen molar-refractivity contribution in [3.63, 3.8) is 0 Å². The van der Waals surface area contributed by atoms with Gasteiger partial charge in [-0.15, -0.1) is 0 Å². The largest absolute Gasteiger partial charge is 0.206 e. The van der Waals surface area contributed by atoms with Gasteiger partial charge in [-0.25, -0.2) is 17.6 Å². The predicted molar refractivity (Wildman–Crippen MR) is 112 cm³/mol. The van der Waals surface area contributed by atoms with Gasteiger partial charge in [0.2, 0.25) is 0 Å².